The molecular weight excluding hydrogens is 188 g/mol. The Labute approximate surface area is 91.5 Å². The van der Waals surface area contributed by atoms with Crippen molar-refractivity contribution < 1.29 is 5.11 Å². The fourth-order valence-electron chi connectivity index (χ4n) is 1.98. The van der Waals surface area contributed by atoms with E-state index in [1.807, 2.05) is 12.1 Å². The Kier molecular flexibility index (Phi) is 4.43. The smallest absolute Gasteiger partial charge is 0.0370 e. The van der Waals surface area contributed by atoms with Gasteiger partial charge in [0.1, 0.15) is 0 Å². The predicted octanol–water partition coefficient (Wildman–Crippen LogP) is 1.87. The minimum absolute atomic E-state index is 0.684. The molecule has 0 amide bonds. The quantitative estimate of drug-likeness (QED) is 0.693. The van der Waals surface area contributed by atoms with E-state index >= 15 is 0 Å². The van der Waals surface area contributed by atoms with Gasteiger partial charge < -0.3 is 15.7 Å². The molecule has 0 aliphatic carbocycles. The predicted molar refractivity (Wildman–Crippen MR) is 65.0 cm³/mol. The van der Waals surface area contributed by atoms with Gasteiger partial charge in [0.05, 0.1) is 0 Å². The van der Waals surface area contributed by atoms with Crippen molar-refractivity contribution in [1.29, 1.82) is 0 Å². The average Bonchev–Trinajstić information content (AvgIpc) is 2.69. The summed E-state index contributed by atoms with van der Waals surface area (Å²) in [6, 6.07) is 8.85. The summed E-state index contributed by atoms with van der Waals surface area (Å²) in [5.74, 6) is 0. The van der Waals surface area contributed by atoms with E-state index in [1.165, 1.54) is 25.1 Å². The zero-order valence-electron chi connectivity index (χ0n) is 9.48. The van der Waals surface area contributed by atoms with Crippen LogP contribution in [0.25, 0.3) is 0 Å². The molecule has 0 radical (unpaired) electrons. The molecule has 1 aliphatic heterocycles. The highest BCUT2D eigenvalue weighted by molar-refractivity contribution is 5.54. The van der Waals surface area contributed by atoms with Crippen LogP contribution in [0.3, 0.4) is 0 Å². The van der Waals surface area contributed by atoms with Crippen LogP contribution in [0.1, 0.15) is 19.8 Å². The number of aliphatic hydroxyl groups is 1. The second-order valence-electron chi connectivity index (χ2n) is 3.78. The Morgan fingerprint density at radius 2 is 1.87 bits per heavy atom. The minimum atomic E-state index is 0.684. The van der Waals surface area contributed by atoms with E-state index in [1.54, 1.807) is 0 Å². The highest BCUT2D eigenvalue weighted by Gasteiger charge is 2.19. The molecule has 3 nitrogen and oxygen atoms in total. The standard InChI is InChI=1S/C11H16N2.CH4O/c1-9-3-2-8-13(9)11-6-4-10(12)5-7-11;1-2/h4-7,9H,2-3,8,12H2,1H3;2H,1H3. The van der Waals surface area contributed by atoms with E-state index in [2.05, 4.69) is 24.0 Å². The summed E-state index contributed by atoms with van der Waals surface area (Å²) in [5.41, 5.74) is 7.79. The van der Waals surface area contributed by atoms with Gasteiger partial charge in [-0.1, -0.05) is 0 Å². The van der Waals surface area contributed by atoms with Crippen LogP contribution in [-0.2, 0) is 0 Å². The lowest BCUT2D eigenvalue weighted by atomic mass is 10.2. The van der Waals surface area contributed by atoms with Crippen molar-refractivity contribution in [2.45, 2.75) is 25.8 Å². The van der Waals surface area contributed by atoms with Gasteiger partial charge in [-0.2, -0.15) is 0 Å². The van der Waals surface area contributed by atoms with Gasteiger partial charge in [-0.25, -0.2) is 0 Å². The third-order valence-corrected chi connectivity index (χ3v) is 2.78. The Morgan fingerprint density at radius 3 is 2.33 bits per heavy atom. The molecule has 3 heteroatoms. The molecule has 0 spiro atoms. The second kappa shape index (κ2) is 5.61. The first-order valence-corrected chi connectivity index (χ1v) is 5.34. The Balaban J connectivity index is 0.000000531. The van der Waals surface area contributed by atoms with Crippen molar-refractivity contribution in [2.75, 3.05) is 24.3 Å². The fourth-order valence-corrected chi connectivity index (χ4v) is 1.98. The normalized spacial score (nSPS) is 19.7. The maximum Gasteiger partial charge on any atom is 0.0370 e. The van der Waals surface area contributed by atoms with E-state index in [-0.39, 0.29) is 0 Å². The number of benzene rings is 1. The van der Waals surface area contributed by atoms with E-state index in [9.17, 15) is 0 Å². The summed E-state index contributed by atoms with van der Waals surface area (Å²) < 4.78 is 0. The van der Waals surface area contributed by atoms with Crippen LogP contribution in [-0.4, -0.2) is 24.8 Å². The molecule has 0 bridgehead atoms. The highest BCUT2D eigenvalue weighted by Crippen LogP contribution is 2.25. The van der Waals surface area contributed by atoms with Crippen molar-refractivity contribution in [3.05, 3.63) is 24.3 Å². The Morgan fingerprint density at radius 1 is 1.27 bits per heavy atom. The highest BCUT2D eigenvalue weighted by atomic mass is 16.2. The monoisotopic (exact) mass is 208 g/mol. The number of anilines is 2. The van der Waals surface area contributed by atoms with Crippen LogP contribution in [0.15, 0.2) is 24.3 Å². The third kappa shape index (κ3) is 2.86. The fraction of sp³-hybridized carbons (Fsp3) is 0.500. The van der Waals surface area contributed by atoms with E-state index < -0.39 is 0 Å². The van der Waals surface area contributed by atoms with E-state index in [4.69, 9.17) is 10.8 Å². The molecular formula is C12H20N2O. The largest absolute Gasteiger partial charge is 0.400 e. The van der Waals surface area contributed by atoms with Crippen LogP contribution in [0.2, 0.25) is 0 Å². The van der Waals surface area contributed by atoms with Gasteiger partial charge >= 0.3 is 0 Å². The molecule has 84 valence electrons. The van der Waals surface area contributed by atoms with Crippen molar-refractivity contribution in [3.63, 3.8) is 0 Å². The molecule has 1 aromatic rings. The van der Waals surface area contributed by atoms with E-state index in [0.29, 0.717) is 6.04 Å². The van der Waals surface area contributed by atoms with Gasteiger partial charge in [0, 0.05) is 31.1 Å². The molecule has 1 heterocycles. The lowest BCUT2D eigenvalue weighted by molar-refractivity contribution is 0.399. The van der Waals surface area contributed by atoms with Crippen molar-refractivity contribution in [3.8, 4) is 0 Å². The molecule has 1 fully saturated rings. The van der Waals surface area contributed by atoms with Crippen LogP contribution in [0.4, 0.5) is 11.4 Å². The summed E-state index contributed by atoms with van der Waals surface area (Å²) in [6.45, 7) is 3.47. The third-order valence-electron chi connectivity index (χ3n) is 2.78. The number of hydrogen-bond acceptors (Lipinski definition) is 3. The maximum atomic E-state index is 7.00. The van der Waals surface area contributed by atoms with Gasteiger partial charge in [0.15, 0.2) is 0 Å². The number of nitrogens with two attached hydrogens (primary N) is 1. The van der Waals surface area contributed by atoms with Crippen LogP contribution in [0.5, 0.6) is 0 Å². The maximum absolute atomic E-state index is 7.00. The Hall–Kier alpha value is -1.22. The molecule has 0 aromatic heterocycles. The molecule has 2 rings (SSSR count). The van der Waals surface area contributed by atoms with Crippen LogP contribution in [0, 0.1) is 0 Å². The molecule has 1 saturated heterocycles. The summed E-state index contributed by atoms with van der Waals surface area (Å²) in [7, 11) is 1.00. The summed E-state index contributed by atoms with van der Waals surface area (Å²) in [4.78, 5) is 2.44. The van der Waals surface area contributed by atoms with Gasteiger partial charge in [-0.15, -0.1) is 0 Å². The second-order valence-corrected chi connectivity index (χ2v) is 3.78. The minimum Gasteiger partial charge on any atom is -0.400 e. The van der Waals surface area contributed by atoms with Gasteiger partial charge in [0.25, 0.3) is 0 Å². The van der Waals surface area contributed by atoms with Gasteiger partial charge in [-0.3, -0.25) is 0 Å². The lowest BCUT2D eigenvalue weighted by Crippen LogP contribution is -2.25. The van der Waals surface area contributed by atoms with Crippen molar-refractivity contribution >= 4 is 11.4 Å². The molecule has 1 aliphatic rings. The average molecular weight is 208 g/mol. The van der Waals surface area contributed by atoms with Gasteiger partial charge in [0.2, 0.25) is 0 Å². The SMILES string of the molecule is CC1CCCN1c1ccc(N)cc1.CO. The molecule has 1 atom stereocenters. The molecule has 0 saturated carbocycles. The zero-order chi connectivity index (χ0) is 11.3. The first-order valence-electron chi connectivity index (χ1n) is 5.34. The summed E-state index contributed by atoms with van der Waals surface area (Å²) >= 11 is 0. The summed E-state index contributed by atoms with van der Waals surface area (Å²) in [6.07, 6.45) is 2.62. The van der Waals surface area contributed by atoms with E-state index in [0.717, 1.165) is 12.8 Å². The van der Waals surface area contributed by atoms with Crippen molar-refractivity contribution in [2.24, 2.45) is 0 Å². The number of nitrogen functional groups attached to an aromatic ring is 1. The van der Waals surface area contributed by atoms with Crippen LogP contribution >= 0.6 is 0 Å². The molecule has 15 heavy (non-hydrogen) atoms. The van der Waals surface area contributed by atoms with Gasteiger partial charge in [-0.05, 0) is 44.0 Å². The summed E-state index contributed by atoms with van der Waals surface area (Å²) in [5, 5.41) is 7.00. The zero-order valence-corrected chi connectivity index (χ0v) is 9.48. The number of rotatable bonds is 1. The first kappa shape index (κ1) is 11.9. The molecule has 1 unspecified atom stereocenters. The lowest BCUT2D eigenvalue weighted by Gasteiger charge is -2.23. The first-order chi connectivity index (χ1) is 7.27. The molecule has 1 aromatic carbocycles. The number of hydrogen-bond donors (Lipinski definition) is 2. The number of aliphatic hydroxyl groups excluding tert-OH is 1. The van der Waals surface area contributed by atoms with Crippen molar-refractivity contribution in [1.82, 2.24) is 0 Å². The van der Waals surface area contributed by atoms with Crippen LogP contribution < -0.4 is 10.6 Å². The Bertz CT molecular complexity index is 284. The molecule has 3 N–H and O–H groups in total. The topological polar surface area (TPSA) is 49.5 Å². The number of nitrogens with zero attached hydrogens (tertiary/aromatic N) is 1.